The molecule has 2 aromatic rings. The molecule has 1 N–H and O–H groups in total. The van der Waals surface area contributed by atoms with Crippen molar-refractivity contribution in [3.05, 3.63) is 71.3 Å². The molecule has 2 aromatic carbocycles. The van der Waals surface area contributed by atoms with Crippen LogP contribution in [0.4, 0.5) is 4.79 Å². The highest BCUT2D eigenvalue weighted by molar-refractivity contribution is 6.21. The number of hydrazine groups is 1. The minimum atomic E-state index is -1.22. The Bertz CT molecular complexity index is 1020. The molecule has 0 saturated carbocycles. The predicted octanol–water partition coefficient (Wildman–Crippen LogP) is 1.51. The van der Waals surface area contributed by atoms with Crippen molar-refractivity contribution in [1.82, 2.24) is 15.3 Å². The number of hydrogen-bond acceptors (Lipinski definition) is 7. The summed E-state index contributed by atoms with van der Waals surface area (Å²) in [5.41, 5.74) is 0.950. The molecule has 0 aromatic heterocycles. The fraction of sp³-hybridized carbons (Fsp3) is 0.227. The predicted molar refractivity (Wildman–Crippen MR) is 110 cm³/mol. The van der Waals surface area contributed by atoms with Gasteiger partial charge in [-0.1, -0.05) is 42.5 Å². The number of hydrogen-bond donors (Lipinski definition) is 1. The number of nitrogens with one attached hydrogen (secondary N) is 1. The lowest BCUT2D eigenvalue weighted by Gasteiger charge is -2.31. The van der Waals surface area contributed by atoms with Gasteiger partial charge in [-0.25, -0.2) is 9.80 Å². The van der Waals surface area contributed by atoms with Gasteiger partial charge in [0, 0.05) is 0 Å². The molecule has 1 aliphatic rings. The molecule has 1 atom stereocenters. The second kappa shape index (κ2) is 9.73. The van der Waals surface area contributed by atoms with E-state index >= 15 is 0 Å². The van der Waals surface area contributed by atoms with Gasteiger partial charge in [0.1, 0.15) is 19.2 Å². The Kier molecular flexibility index (Phi) is 6.83. The number of esters is 1. The number of carbonyl (C=O) groups is 5. The highest BCUT2D eigenvalue weighted by atomic mass is 16.5. The zero-order valence-corrected chi connectivity index (χ0v) is 17.4. The monoisotopic (exact) mass is 439 g/mol. The number of imide groups is 1. The topological polar surface area (TPSA) is 122 Å². The number of carbonyl (C=O) groups excluding carboxylic acids is 5. The van der Waals surface area contributed by atoms with Gasteiger partial charge in [0.2, 0.25) is 0 Å². The molecule has 0 spiro atoms. The maximum absolute atomic E-state index is 13.0. The third-order valence-electron chi connectivity index (χ3n) is 4.69. The van der Waals surface area contributed by atoms with Gasteiger partial charge in [-0.2, -0.15) is 5.01 Å². The molecule has 1 heterocycles. The Morgan fingerprint density at radius 3 is 2.09 bits per heavy atom. The van der Waals surface area contributed by atoms with E-state index in [9.17, 15) is 24.0 Å². The van der Waals surface area contributed by atoms with Crippen LogP contribution in [0.3, 0.4) is 0 Å². The van der Waals surface area contributed by atoms with Crippen LogP contribution in [0.5, 0.6) is 0 Å². The molecule has 3 rings (SSSR count). The van der Waals surface area contributed by atoms with E-state index < -0.39 is 42.4 Å². The van der Waals surface area contributed by atoms with Crippen molar-refractivity contribution in [1.29, 1.82) is 0 Å². The Hall–Kier alpha value is -4.21. The van der Waals surface area contributed by atoms with E-state index in [1.807, 2.05) is 6.07 Å². The first kappa shape index (κ1) is 22.5. The lowest BCUT2D eigenvalue weighted by molar-refractivity contribution is -0.155. The molecule has 4 amide bonds. The van der Waals surface area contributed by atoms with Crippen LogP contribution in [0, 0.1) is 0 Å². The zero-order chi connectivity index (χ0) is 23.3. The second-order valence-corrected chi connectivity index (χ2v) is 6.87. The molecular weight excluding hydrogens is 418 g/mol. The van der Waals surface area contributed by atoms with E-state index in [2.05, 4.69) is 10.1 Å². The summed E-state index contributed by atoms with van der Waals surface area (Å²) in [7, 11) is 1.11. The molecule has 32 heavy (non-hydrogen) atoms. The minimum absolute atomic E-state index is 0.0160. The zero-order valence-electron chi connectivity index (χ0n) is 17.4. The number of benzene rings is 2. The summed E-state index contributed by atoms with van der Waals surface area (Å²) in [6, 6.07) is 13.7. The first-order valence-corrected chi connectivity index (χ1v) is 9.66. The molecule has 0 saturated heterocycles. The van der Waals surface area contributed by atoms with Crippen molar-refractivity contribution in [3.63, 3.8) is 0 Å². The molecule has 10 nitrogen and oxygen atoms in total. The highest BCUT2D eigenvalue weighted by Gasteiger charge is 2.43. The van der Waals surface area contributed by atoms with Crippen LogP contribution in [-0.4, -0.2) is 59.5 Å². The SMILES string of the molecule is COC(=O)CN(C(=O)C(C)NC(=O)OCc1ccccc1)N1C(=O)c2ccccc2C1=O. The number of nitrogens with zero attached hydrogens (tertiary/aromatic N) is 2. The van der Waals surface area contributed by atoms with Crippen molar-refractivity contribution in [2.24, 2.45) is 0 Å². The van der Waals surface area contributed by atoms with Gasteiger partial charge in [0.25, 0.3) is 17.7 Å². The van der Waals surface area contributed by atoms with Gasteiger partial charge in [0.05, 0.1) is 18.2 Å². The standard InChI is InChI=1S/C22H21N3O7/c1-14(23-22(30)32-13-15-8-4-3-5-9-15)19(27)24(12-18(26)31-2)25-20(28)16-10-6-7-11-17(16)21(25)29/h3-11,14H,12-13H2,1-2H3,(H,23,30). The lowest BCUT2D eigenvalue weighted by Crippen LogP contribution is -2.57. The van der Waals surface area contributed by atoms with Crippen LogP contribution < -0.4 is 5.32 Å². The number of rotatable bonds is 7. The molecule has 166 valence electrons. The van der Waals surface area contributed by atoms with Crippen molar-refractivity contribution in [2.45, 2.75) is 19.6 Å². The summed E-state index contributed by atoms with van der Waals surface area (Å²) < 4.78 is 9.68. The summed E-state index contributed by atoms with van der Waals surface area (Å²) in [4.78, 5) is 62.6. The average molecular weight is 439 g/mol. The molecular formula is C22H21N3O7. The van der Waals surface area contributed by atoms with E-state index in [1.165, 1.54) is 19.1 Å². The third-order valence-corrected chi connectivity index (χ3v) is 4.69. The second-order valence-electron chi connectivity index (χ2n) is 6.87. The maximum atomic E-state index is 13.0. The number of amides is 4. The smallest absolute Gasteiger partial charge is 0.408 e. The van der Waals surface area contributed by atoms with Crippen LogP contribution in [0.1, 0.15) is 33.2 Å². The fourth-order valence-corrected chi connectivity index (χ4v) is 3.06. The van der Waals surface area contributed by atoms with Crippen molar-refractivity contribution in [3.8, 4) is 0 Å². The number of fused-ring (bicyclic) bond motifs is 1. The van der Waals surface area contributed by atoms with Crippen LogP contribution in [0.25, 0.3) is 0 Å². The van der Waals surface area contributed by atoms with E-state index in [0.717, 1.165) is 12.7 Å². The molecule has 1 unspecified atom stereocenters. The summed E-state index contributed by atoms with van der Waals surface area (Å²) in [6.07, 6.45) is -0.880. The van der Waals surface area contributed by atoms with Crippen molar-refractivity contribution in [2.75, 3.05) is 13.7 Å². The Morgan fingerprint density at radius 2 is 1.53 bits per heavy atom. The normalized spacial score (nSPS) is 13.2. The van der Waals surface area contributed by atoms with Crippen LogP contribution in [0.15, 0.2) is 54.6 Å². The summed E-state index contributed by atoms with van der Waals surface area (Å²) in [5, 5.41) is 3.59. The number of ether oxygens (including phenoxy) is 2. The molecule has 0 radical (unpaired) electrons. The van der Waals surface area contributed by atoms with Gasteiger partial charge < -0.3 is 14.8 Å². The van der Waals surface area contributed by atoms with E-state index in [4.69, 9.17) is 4.74 Å². The van der Waals surface area contributed by atoms with Gasteiger partial charge in [-0.05, 0) is 24.6 Å². The Balaban J connectivity index is 1.73. The molecule has 0 bridgehead atoms. The van der Waals surface area contributed by atoms with E-state index in [-0.39, 0.29) is 17.7 Å². The Labute approximate surface area is 183 Å². The fourth-order valence-electron chi connectivity index (χ4n) is 3.06. The summed E-state index contributed by atoms with van der Waals surface area (Å²) in [6.45, 7) is 0.623. The van der Waals surface area contributed by atoms with Gasteiger partial charge >= 0.3 is 12.1 Å². The van der Waals surface area contributed by atoms with Crippen LogP contribution in [0.2, 0.25) is 0 Å². The summed E-state index contributed by atoms with van der Waals surface area (Å²) in [5.74, 6) is -3.25. The van der Waals surface area contributed by atoms with E-state index in [1.54, 1.807) is 36.4 Å². The molecule has 10 heteroatoms. The molecule has 1 aliphatic heterocycles. The highest BCUT2D eigenvalue weighted by Crippen LogP contribution is 2.24. The molecule has 0 aliphatic carbocycles. The quantitative estimate of drug-likeness (QED) is 0.513. The number of methoxy groups -OCH3 is 1. The van der Waals surface area contributed by atoms with Gasteiger partial charge in [0.15, 0.2) is 0 Å². The van der Waals surface area contributed by atoms with Crippen molar-refractivity contribution < 1.29 is 33.4 Å². The van der Waals surface area contributed by atoms with Crippen LogP contribution in [-0.2, 0) is 25.7 Å². The third kappa shape index (κ3) is 4.75. The average Bonchev–Trinajstić information content (AvgIpc) is 3.06. The molecule has 0 fully saturated rings. The largest absolute Gasteiger partial charge is 0.468 e. The van der Waals surface area contributed by atoms with Gasteiger partial charge in [-0.3, -0.25) is 19.2 Å². The van der Waals surface area contributed by atoms with E-state index in [0.29, 0.717) is 10.0 Å². The minimum Gasteiger partial charge on any atom is -0.468 e. The number of alkyl carbamates (subject to hydrolysis) is 1. The lowest BCUT2D eigenvalue weighted by atomic mass is 10.1. The Morgan fingerprint density at radius 1 is 0.969 bits per heavy atom. The maximum Gasteiger partial charge on any atom is 0.408 e. The van der Waals surface area contributed by atoms with Gasteiger partial charge in [-0.15, -0.1) is 0 Å². The first-order valence-electron chi connectivity index (χ1n) is 9.66. The summed E-state index contributed by atoms with van der Waals surface area (Å²) >= 11 is 0. The first-order chi connectivity index (χ1) is 15.3. The van der Waals surface area contributed by atoms with Crippen LogP contribution >= 0.6 is 0 Å². The van der Waals surface area contributed by atoms with Crippen molar-refractivity contribution >= 4 is 29.8 Å².